The molecule has 3 rings (SSSR count). The fourth-order valence-corrected chi connectivity index (χ4v) is 2.20. The molecule has 0 unspecified atom stereocenters. The van der Waals surface area contributed by atoms with Gasteiger partial charge in [-0.15, -0.1) is 0 Å². The number of nitro groups is 1. The lowest BCUT2D eigenvalue weighted by atomic mass is 10.2. The Morgan fingerprint density at radius 1 is 1.32 bits per heavy atom. The van der Waals surface area contributed by atoms with Crippen molar-refractivity contribution in [3.05, 3.63) is 52.8 Å². The molecule has 1 aromatic carbocycles. The molecule has 112 valence electrons. The molecule has 0 aliphatic carbocycles. The van der Waals surface area contributed by atoms with Crippen molar-refractivity contribution in [2.24, 2.45) is 5.73 Å². The van der Waals surface area contributed by atoms with Crippen LogP contribution < -0.4 is 11.1 Å². The van der Waals surface area contributed by atoms with E-state index in [1.165, 1.54) is 6.07 Å². The second-order valence-corrected chi connectivity index (χ2v) is 4.64. The number of aromatic nitrogens is 3. The number of non-ortho nitro benzene ring substituents is 1. The zero-order valence-corrected chi connectivity index (χ0v) is 11.6. The maximum atomic E-state index is 10.8. The highest BCUT2D eigenvalue weighted by Gasteiger charge is 2.10. The number of nitro benzene ring substituents is 1. The molecule has 8 nitrogen and oxygen atoms in total. The summed E-state index contributed by atoms with van der Waals surface area (Å²) in [5.41, 5.74) is 6.35. The highest BCUT2D eigenvalue weighted by Crippen LogP contribution is 2.24. The molecule has 0 fully saturated rings. The molecule has 3 aromatic rings. The van der Waals surface area contributed by atoms with Gasteiger partial charge in [-0.2, -0.15) is 4.98 Å². The maximum absolute atomic E-state index is 10.8. The van der Waals surface area contributed by atoms with Gasteiger partial charge in [0.25, 0.3) is 5.69 Å². The zero-order valence-electron chi connectivity index (χ0n) is 11.6. The molecule has 0 amide bonds. The van der Waals surface area contributed by atoms with Crippen molar-refractivity contribution in [3.63, 3.8) is 0 Å². The summed E-state index contributed by atoms with van der Waals surface area (Å²) >= 11 is 0. The highest BCUT2D eigenvalue weighted by atomic mass is 16.6. The Hall–Kier alpha value is -3.00. The van der Waals surface area contributed by atoms with E-state index >= 15 is 0 Å². The number of rotatable bonds is 5. The Kier molecular flexibility index (Phi) is 3.67. The lowest BCUT2D eigenvalue weighted by Gasteiger charge is -2.07. The third kappa shape index (κ3) is 2.59. The van der Waals surface area contributed by atoms with Crippen LogP contribution in [0.3, 0.4) is 0 Å². The predicted octanol–water partition coefficient (Wildman–Crippen LogP) is 1.70. The molecule has 0 aliphatic heterocycles. The molecule has 0 saturated carbocycles. The molecule has 0 saturated heterocycles. The van der Waals surface area contributed by atoms with E-state index in [1.807, 2.05) is 16.8 Å². The van der Waals surface area contributed by atoms with Crippen LogP contribution in [-0.2, 0) is 0 Å². The summed E-state index contributed by atoms with van der Waals surface area (Å²) < 4.78 is 1.86. The minimum Gasteiger partial charge on any atom is -0.353 e. The molecule has 2 heterocycles. The summed E-state index contributed by atoms with van der Waals surface area (Å²) in [5, 5.41) is 14.6. The SMILES string of the molecule is NCCNc1nccc(-n2ccc3cc([N+](=O)[O-])ccc32)n1. The van der Waals surface area contributed by atoms with Crippen molar-refractivity contribution in [1.82, 2.24) is 14.5 Å². The minimum absolute atomic E-state index is 0.0678. The van der Waals surface area contributed by atoms with E-state index in [4.69, 9.17) is 5.73 Å². The Morgan fingerprint density at radius 2 is 2.18 bits per heavy atom. The van der Waals surface area contributed by atoms with Crippen LogP contribution in [0.25, 0.3) is 16.7 Å². The first kappa shape index (κ1) is 14.0. The van der Waals surface area contributed by atoms with Crippen LogP contribution in [0.5, 0.6) is 0 Å². The van der Waals surface area contributed by atoms with Crippen molar-refractivity contribution in [1.29, 1.82) is 0 Å². The van der Waals surface area contributed by atoms with Crippen LogP contribution in [0.1, 0.15) is 0 Å². The summed E-state index contributed by atoms with van der Waals surface area (Å²) in [6.45, 7) is 1.08. The van der Waals surface area contributed by atoms with E-state index in [9.17, 15) is 10.1 Å². The number of nitrogens with two attached hydrogens (primary N) is 1. The van der Waals surface area contributed by atoms with Gasteiger partial charge in [-0.1, -0.05) is 0 Å². The molecule has 8 heteroatoms. The number of nitrogens with zero attached hydrogens (tertiary/aromatic N) is 4. The number of hydrogen-bond acceptors (Lipinski definition) is 6. The third-order valence-corrected chi connectivity index (χ3v) is 3.20. The molecule has 3 N–H and O–H groups in total. The van der Waals surface area contributed by atoms with Crippen molar-refractivity contribution >= 4 is 22.5 Å². The minimum atomic E-state index is -0.406. The van der Waals surface area contributed by atoms with E-state index < -0.39 is 4.92 Å². The maximum Gasteiger partial charge on any atom is 0.270 e. The molecular weight excluding hydrogens is 284 g/mol. The van der Waals surface area contributed by atoms with Crippen molar-refractivity contribution < 1.29 is 4.92 Å². The molecule has 0 aliphatic rings. The first-order valence-corrected chi connectivity index (χ1v) is 6.72. The summed E-state index contributed by atoms with van der Waals surface area (Å²) in [5.74, 6) is 1.17. The largest absolute Gasteiger partial charge is 0.353 e. The summed E-state index contributed by atoms with van der Waals surface area (Å²) in [6, 6.07) is 8.32. The average molecular weight is 298 g/mol. The van der Waals surface area contributed by atoms with Gasteiger partial charge in [0, 0.05) is 43.0 Å². The standard InChI is InChI=1S/C14H14N6O2/c15-5-7-17-14-16-6-3-13(18-14)19-8-4-10-9-11(20(21)22)1-2-12(10)19/h1-4,6,8-9H,5,7,15H2,(H,16,17,18). The molecule has 0 bridgehead atoms. The van der Waals surface area contributed by atoms with Crippen LogP contribution in [-0.4, -0.2) is 32.5 Å². The molecule has 0 radical (unpaired) electrons. The predicted molar refractivity (Wildman–Crippen MR) is 83.1 cm³/mol. The molecule has 0 spiro atoms. The number of hydrogen-bond donors (Lipinski definition) is 2. The number of nitrogens with one attached hydrogen (secondary N) is 1. The second kappa shape index (κ2) is 5.78. The number of anilines is 1. The molecular formula is C14H14N6O2. The van der Waals surface area contributed by atoms with Crippen molar-refractivity contribution in [3.8, 4) is 5.82 Å². The highest BCUT2D eigenvalue weighted by molar-refractivity contribution is 5.83. The van der Waals surface area contributed by atoms with Gasteiger partial charge >= 0.3 is 0 Å². The third-order valence-electron chi connectivity index (χ3n) is 3.20. The smallest absolute Gasteiger partial charge is 0.270 e. The first-order chi connectivity index (χ1) is 10.7. The van der Waals surface area contributed by atoms with Crippen LogP contribution >= 0.6 is 0 Å². The van der Waals surface area contributed by atoms with Gasteiger partial charge in [-0.05, 0) is 18.2 Å². The summed E-state index contributed by atoms with van der Waals surface area (Å²) in [6.07, 6.45) is 3.47. The van der Waals surface area contributed by atoms with Gasteiger partial charge < -0.3 is 15.6 Å². The van der Waals surface area contributed by atoms with Crippen LogP contribution in [0.15, 0.2) is 42.7 Å². The van der Waals surface area contributed by atoms with Crippen molar-refractivity contribution in [2.45, 2.75) is 0 Å². The normalized spacial score (nSPS) is 10.8. The molecule has 0 atom stereocenters. The van der Waals surface area contributed by atoms with E-state index in [2.05, 4.69) is 15.3 Å². The lowest BCUT2D eigenvalue weighted by Crippen LogP contribution is -2.15. The van der Waals surface area contributed by atoms with Gasteiger partial charge in [-0.25, -0.2) is 4.98 Å². The fraction of sp³-hybridized carbons (Fsp3) is 0.143. The lowest BCUT2D eigenvalue weighted by molar-refractivity contribution is -0.384. The van der Waals surface area contributed by atoms with E-state index in [0.717, 1.165) is 10.9 Å². The van der Waals surface area contributed by atoms with E-state index in [-0.39, 0.29) is 5.69 Å². The van der Waals surface area contributed by atoms with Crippen LogP contribution in [0, 0.1) is 10.1 Å². The topological polar surface area (TPSA) is 112 Å². The number of fused-ring (bicyclic) bond motifs is 1. The van der Waals surface area contributed by atoms with Crippen molar-refractivity contribution in [2.75, 3.05) is 18.4 Å². The van der Waals surface area contributed by atoms with Crippen LogP contribution in [0.2, 0.25) is 0 Å². The Labute approximate surface area is 125 Å². The summed E-state index contributed by atoms with van der Waals surface area (Å²) in [4.78, 5) is 19.0. The zero-order chi connectivity index (χ0) is 15.5. The van der Waals surface area contributed by atoms with Gasteiger partial charge in [0.1, 0.15) is 5.82 Å². The van der Waals surface area contributed by atoms with Gasteiger partial charge in [0.05, 0.1) is 10.4 Å². The van der Waals surface area contributed by atoms with E-state index in [0.29, 0.717) is 24.9 Å². The quantitative estimate of drug-likeness (QED) is 0.547. The average Bonchev–Trinajstić information content (AvgIpc) is 2.96. The summed E-state index contributed by atoms with van der Waals surface area (Å²) in [7, 11) is 0. The fourth-order valence-electron chi connectivity index (χ4n) is 2.20. The monoisotopic (exact) mass is 298 g/mol. The Bertz CT molecular complexity index is 829. The second-order valence-electron chi connectivity index (χ2n) is 4.64. The first-order valence-electron chi connectivity index (χ1n) is 6.72. The molecule has 2 aromatic heterocycles. The number of benzene rings is 1. The van der Waals surface area contributed by atoms with E-state index in [1.54, 1.807) is 24.4 Å². The Morgan fingerprint density at radius 3 is 2.95 bits per heavy atom. The van der Waals surface area contributed by atoms with Crippen LogP contribution in [0.4, 0.5) is 11.6 Å². The molecule has 22 heavy (non-hydrogen) atoms. The Balaban J connectivity index is 2.01. The van der Waals surface area contributed by atoms with Gasteiger partial charge in [0.15, 0.2) is 0 Å². The van der Waals surface area contributed by atoms with Gasteiger partial charge in [-0.3, -0.25) is 10.1 Å². The van der Waals surface area contributed by atoms with Gasteiger partial charge in [0.2, 0.25) is 5.95 Å².